The van der Waals surface area contributed by atoms with E-state index in [9.17, 15) is 9.59 Å². The minimum atomic E-state index is -0.363. The molecule has 0 saturated carbocycles. The summed E-state index contributed by atoms with van der Waals surface area (Å²) in [5, 5.41) is 0. The number of carbonyl (C=O) groups excluding carboxylic acids is 2. The van der Waals surface area contributed by atoms with E-state index in [-0.39, 0.29) is 11.8 Å². The average Bonchev–Trinajstić information content (AvgIpc) is 2.73. The van der Waals surface area contributed by atoms with Crippen LogP contribution in [0.1, 0.15) is 31.8 Å². The standard InChI is InChI=1S/C23H23N3O2/c1-26(2)20-13-8-12-19(16-20)22(27)24-25-23(28)21-14-7-6-11-18(21)15-17-9-4-3-5-10-17/h3-14,16H,15H2,1-2H3,(H,24,27)(H,25,28). The molecule has 28 heavy (non-hydrogen) atoms. The molecule has 0 saturated heterocycles. The van der Waals surface area contributed by atoms with Gasteiger partial charge in [-0.05, 0) is 41.8 Å². The highest BCUT2D eigenvalue weighted by Gasteiger charge is 2.13. The summed E-state index contributed by atoms with van der Waals surface area (Å²) in [6, 6.07) is 24.5. The summed E-state index contributed by atoms with van der Waals surface area (Å²) in [5.74, 6) is -0.707. The van der Waals surface area contributed by atoms with Crippen LogP contribution >= 0.6 is 0 Å². The van der Waals surface area contributed by atoms with Gasteiger partial charge in [-0.15, -0.1) is 0 Å². The average molecular weight is 373 g/mol. The Balaban J connectivity index is 1.68. The Kier molecular flexibility index (Phi) is 6.07. The molecule has 0 heterocycles. The van der Waals surface area contributed by atoms with Gasteiger partial charge in [-0.3, -0.25) is 20.4 Å². The Labute approximate surface area is 165 Å². The van der Waals surface area contributed by atoms with E-state index in [0.29, 0.717) is 17.5 Å². The molecule has 3 rings (SSSR count). The van der Waals surface area contributed by atoms with Gasteiger partial charge in [0.05, 0.1) is 0 Å². The number of nitrogens with one attached hydrogen (secondary N) is 2. The smallest absolute Gasteiger partial charge is 0.269 e. The molecule has 0 unspecified atom stereocenters. The van der Waals surface area contributed by atoms with E-state index in [1.807, 2.05) is 73.6 Å². The van der Waals surface area contributed by atoms with Crippen LogP contribution in [0.2, 0.25) is 0 Å². The summed E-state index contributed by atoms with van der Waals surface area (Å²) in [4.78, 5) is 26.9. The Morgan fingerprint density at radius 3 is 2.21 bits per heavy atom. The summed E-state index contributed by atoms with van der Waals surface area (Å²) >= 11 is 0. The quantitative estimate of drug-likeness (QED) is 0.674. The summed E-state index contributed by atoms with van der Waals surface area (Å²) in [7, 11) is 3.81. The van der Waals surface area contributed by atoms with Crippen LogP contribution in [-0.4, -0.2) is 25.9 Å². The van der Waals surface area contributed by atoms with Crippen molar-refractivity contribution in [3.05, 3.63) is 101 Å². The van der Waals surface area contributed by atoms with Gasteiger partial charge in [-0.2, -0.15) is 0 Å². The summed E-state index contributed by atoms with van der Waals surface area (Å²) < 4.78 is 0. The predicted octanol–water partition coefficient (Wildman–Crippen LogP) is 3.42. The van der Waals surface area contributed by atoms with Crippen LogP contribution < -0.4 is 15.8 Å². The molecule has 3 aromatic carbocycles. The largest absolute Gasteiger partial charge is 0.378 e. The van der Waals surface area contributed by atoms with E-state index in [4.69, 9.17) is 0 Å². The molecule has 0 atom stereocenters. The first-order valence-corrected chi connectivity index (χ1v) is 9.04. The van der Waals surface area contributed by atoms with Gasteiger partial charge >= 0.3 is 0 Å². The van der Waals surface area contributed by atoms with Gasteiger partial charge in [0.1, 0.15) is 0 Å². The van der Waals surface area contributed by atoms with Crippen molar-refractivity contribution in [2.24, 2.45) is 0 Å². The van der Waals surface area contributed by atoms with Crippen LogP contribution in [-0.2, 0) is 6.42 Å². The second-order valence-corrected chi connectivity index (χ2v) is 6.67. The van der Waals surface area contributed by atoms with Gasteiger partial charge in [-0.25, -0.2) is 0 Å². The predicted molar refractivity (Wildman–Crippen MR) is 111 cm³/mol. The molecule has 0 radical (unpaired) electrons. The molecule has 0 aliphatic carbocycles. The van der Waals surface area contributed by atoms with Crippen molar-refractivity contribution in [1.82, 2.24) is 10.9 Å². The number of hydrazine groups is 1. The van der Waals surface area contributed by atoms with Crippen molar-refractivity contribution in [1.29, 1.82) is 0 Å². The maximum atomic E-state index is 12.6. The van der Waals surface area contributed by atoms with Crippen molar-refractivity contribution >= 4 is 17.5 Å². The van der Waals surface area contributed by atoms with Crippen molar-refractivity contribution in [2.75, 3.05) is 19.0 Å². The second kappa shape index (κ2) is 8.86. The normalized spacial score (nSPS) is 10.2. The zero-order valence-electron chi connectivity index (χ0n) is 16.0. The molecule has 0 bridgehead atoms. The molecule has 2 N–H and O–H groups in total. The number of amides is 2. The fourth-order valence-corrected chi connectivity index (χ4v) is 2.89. The molecular formula is C23H23N3O2. The number of rotatable bonds is 5. The van der Waals surface area contributed by atoms with E-state index in [1.54, 1.807) is 24.3 Å². The van der Waals surface area contributed by atoms with Crippen LogP contribution in [0.25, 0.3) is 0 Å². The monoisotopic (exact) mass is 373 g/mol. The molecule has 5 heteroatoms. The topological polar surface area (TPSA) is 61.4 Å². The maximum Gasteiger partial charge on any atom is 0.269 e. The van der Waals surface area contributed by atoms with Crippen LogP contribution in [0.4, 0.5) is 5.69 Å². The zero-order valence-corrected chi connectivity index (χ0v) is 16.0. The van der Waals surface area contributed by atoms with Gasteiger partial charge in [0.15, 0.2) is 0 Å². The zero-order chi connectivity index (χ0) is 19.9. The lowest BCUT2D eigenvalue weighted by atomic mass is 9.99. The van der Waals surface area contributed by atoms with Crippen molar-refractivity contribution in [3.63, 3.8) is 0 Å². The molecule has 0 spiro atoms. The Bertz CT molecular complexity index is 968. The molecule has 0 fully saturated rings. The third-order valence-electron chi connectivity index (χ3n) is 4.41. The highest BCUT2D eigenvalue weighted by atomic mass is 16.2. The van der Waals surface area contributed by atoms with Gasteiger partial charge < -0.3 is 4.90 Å². The van der Waals surface area contributed by atoms with Crippen molar-refractivity contribution in [2.45, 2.75) is 6.42 Å². The first-order chi connectivity index (χ1) is 13.5. The molecule has 3 aromatic rings. The number of carbonyl (C=O) groups is 2. The third kappa shape index (κ3) is 4.76. The second-order valence-electron chi connectivity index (χ2n) is 6.67. The highest BCUT2D eigenvalue weighted by Crippen LogP contribution is 2.15. The summed E-state index contributed by atoms with van der Waals surface area (Å²) in [6.07, 6.45) is 0.642. The van der Waals surface area contributed by atoms with Crippen LogP contribution in [0.15, 0.2) is 78.9 Å². The molecular weight excluding hydrogens is 350 g/mol. The number of anilines is 1. The maximum absolute atomic E-state index is 12.6. The fraction of sp³-hybridized carbons (Fsp3) is 0.130. The molecule has 2 amide bonds. The first-order valence-electron chi connectivity index (χ1n) is 9.04. The summed E-state index contributed by atoms with van der Waals surface area (Å²) in [6.45, 7) is 0. The molecule has 0 aliphatic heterocycles. The lowest BCUT2D eigenvalue weighted by molar-refractivity contribution is 0.0846. The Hall–Kier alpha value is -3.60. The number of hydrogen-bond donors (Lipinski definition) is 2. The summed E-state index contributed by atoms with van der Waals surface area (Å²) in [5.41, 5.74) is 8.95. The number of nitrogens with zero attached hydrogens (tertiary/aromatic N) is 1. The third-order valence-corrected chi connectivity index (χ3v) is 4.41. The van der Waals surface area contributed by atoms with E-state index >= 15 is 0 Å². The lowest BCUT2D eigenvalue weighted by Gasteiger charge is -2.14. The first kappa shape index (κ1) is 19.2. The number of benzene rings is 3. The minimum absolute atomic E-state index is 0.344. The lowest BCUT2D eigenvalue weighted by Crippen LogP contribution is -2.42. The highest BCUT2D eigenvalue weighted by molar-refractivity contribution is 6.00. The van der Waals surface area contributed by atoms with Gasteiger partial charge in [0.2, 0.25) is 0 Å². The molecule has 0 aromatic heterocycles. The molecule has 5 nitrogen and oxygen atoms in total. The van der Waals surface area contributed by atoms with E-state index in [2.05, 4.69) is 10.9 Å². The van der Waals surface area contributed by atoms with Gasteiger partial charge in [0, 0.05) is 30.9 Å². The van der Waals surface area contributed by atoms with E-state index < -0.39 is 0 Å². The van der Waals surface area contributed by atoms with Crippen LogP contribution in [0.3, 0.4) is 0 Å². The van der Waals surface area contributed by atoms with E-state index in [0.717, 1.165) is 16.8 Å². The Morgan fingerprint density at radius 2 is 1.46 bits per heavy atom. The number of hydrogen-bond acceptors (Lipinski definition) is 3. The van der Waals surface area contributed by atoms with Gasteiger partial charge in [0.25, 0.3) is 11.8 Å². The molecule has 0 aliphatic rings. The molecule has 142 valence electrons. The van der Waals surface area contributed by atoms with Gasteiger partial charge in [-0.1, -0.05) is 54.6 Å². The Morgan fingerprint density at radius 1 is 0.786 bits per heavy atom. The van der Waals surface area contributed by atoms with Crippen molar-refractivity contribution in [3.8, 4) is 0 Å². The van der Waals surface area contributed by atoms with Crippen LogP contribution in [0, 0.1) is 0 Å². The minimum Gasteiger partial charge on any atom is -0.378 e. The SMILES string of the molecule is CN(C)c1cccc(C(=O)NNC(=O)c2ccccc2Cc2ccccc2)c1. The fourth-order valence-electron chi connectivity index (χ4n) is 2.89. The van der Waals surface area contributed by atoms with Crippen molar-refractivity contribution < 1.29 is 9.59 Å². The van der Waals surface area contributed by atoms with E-state index in [1.165, 1.54) is 0 Å². The van der Waals surface area contributed by atoms with Crippen LogP contribution in [0.5, 0.6) is 0 Å².